The molecular weight excluding hydrogens is 284 g/mol. The van der Waals surface area contributed by atoms with Crippen molar-refractivity contribution in [3.63, 3.8) is 0 Å². The van der Waals surface area contributed by atoms with Crippen molar-refractivity contribution in [1.82, 2.24) is 0 Å². The van der Waals surface area contributed by atoms with Crippen LogP contribution in [0.5, 0.6) is 0 Å². The SMILES string of the molecule is CC[N+](CC)(CC)SC(=S)Nc1ccccc1[Cl+]. The van der Waals surface area contributed by atoms with E-state index < -0.39 is 0 Å². The van der Waals surface area contributed by atoms with Crippen molar-refractivity contribution in [2.45, 2.75) is 20.8 Å². The van der Waals surface area contributed by atoms with Crippen LogP contribution in [0.15, 0.2) is 24.3 Å². The smallest absolute Gasteiger partial charge is 0.332 e. The number of rotatable bonds is 5. The summed E-state index contributed by atoms with van der Waals surface area (Å²) in [5, 5.41) is 3.91. The van der Waals surface area contributed by atoms with Crippen LogP contribution in [0.25, 0.3) is 0 Å². The number of anilines is 1. The fourth-order valence-electron chi connectivity index (χ4n) is 1.74. The first-order chi connectivity index (χ1) is 8.56. The van der Waals surface area contributed by atoms with Gasteiger partial charge in [-0.25, -0.2) is 0 Å². The molecule has 5 heteroatoms. The van der Waals surface area contributed by atoms with E-state index in [9.17, 15) is 0 Å². The molecular formula is C13H20ClN2S2+2. The lowest BCUT2D eigenvalue weighted by Gasteiger charge is -2.32. The van der Waals surface area contributed by atoms with E-state index in [-0.39, 0.29) is 0 Å². The van der Waals surface area contributed by atoms with Crippen molar-refractivity contribution in [2.24, 2.45) is 0 Å². The first-order valence-corrected chi connectivity index (χ1v) is 7.74. The van der Waals surface area contributed by atoms with Gasteiger partial charge in [0, 0.05) is 6.07 Å². The van der Waals surface area contributed by atoms with Gasteiger partial charge < -0.3 is 5.32 Å². The normalized spacial score (nSPS) is 11.3. The molecule has 2 nitrogen and oxygen atoms in total. The number of nitrogens with one attached hydrogen (secondary N) is 1. The molecule has 0 unspecified atom stereocenters. The van der Waals surface area contributed by atoms with E-state index >= 15 is 0 Å². The van der Waals surface area contributed by atoms with Gasteiger partial charge in [-0.2, -0.15) is 0 Å². The van der Waals surface area contributed by atoms with Crippen molar-refractivity contribution in [2.75, 3.05) is 25.0 Å². The lowest BCUT2D eigenvalue weighted by atomic mass is 10.3. The lowest BCUT2D eigenvalue weighted by molar-refractivity contribution is -0.788. The number of thiocarbonyl (C=S) groups is 1. The first kappa shape index (κ1) is 15.8. The summed E-state index contributed by atoms with van der Waals surface area (Å²) in [6, 6.07) is 7.66. The van der Waals surface area contributed by atoms with Crippen LogP contribution in [0.3, 0.4) is 0 Å². The Balaban J connectivity index is 2.70. The first-order valence-electron chi connectivity index (χ1n) is 6.18. The van der Waals surface area contributed by atoms with Crippen LogP contribution < -0.4 is 5.32 Å². The molecule has 18 heavy (non-hydrogen) atoms. The molecule has 1 aromatic rings. The molecule has 0 saturated carbocycles. The molecule has 0 fully saturated rings. The maximum atomic E-state index is 6.10. The third-order valence-corrected chi connectivity index (χ3v) is 5.20. The number of hydrogen-bond acceptors (Lipinski definition) is 2. The van der Waals surface area contributed by atoms with Gasteiger partial charge in [0.15, 0.2) is 4.32 Å². The van der Waals surface area contributed by atoms with Gasteiger partial charge in [-0.15, -0.1) is 0 Å². The van der Waals surface area contributed by atoms with Gasteiger partial charge in [0.1, 0.15) is 17.6 Å². The zero-order chi connectivity index (χ0) is 13.6. The van der Waals surface area contributed by atoms with E-state index in [0.717, 1.165) is 33.5 Å². The third-order valence-electron chi connectivity index (χ3n) is 3.12. The summed E-state index contributed by atoms with van der Waals surface area (Å²) in [4.78, 5) is 0. The molecule has 0 aromatic heterocycles. The number of halogens is 1. The van der Waals surface area contributed by atoms with Gasteiger partial charge in [-0.1, -0.05) is 12.1 Å². The Bertz CT molecular complexity index is 397. The highest BCUT2D eigenvalue weighted by molar-refractivity contribution is 8.19. The van der Waals surface area contributed by atoms with Gasteiger partial charge in [-0.3, -0.25) is 3.89 Å². The summed E-state index contributed by atoms with van der Waals surface area (Å²) < 4.78 is 1.70. The Morgan fingerprint density at radius 3 is 2.28 bits per heavy atom. The van der Waals surface area contributed by atoms with Crippen LogP contribution in [-0.2, 0) is 0 Å². The summed E-state index contributed by atoms with van der Waals surface area (Å²) in [6.45, 7) is 9.75. The van der Waals surface area contributed by atoms with Crippen molar-refractivity contribution in [3.05, 3.63) is 29.3 Å². The second kappa shape index (κ2) is 7.34. The van der Waals surface area contributed by atoms with E-state index in [1.807, 2.05) is 24.3 Å². The molecule has 0 spiro atoms. The summed E-state index contributed by atoms with van der Waals surface area (Å²) in [5.74, 6) is 0. The zero-order valence-corrected chi connectivity index (χ0v) is 13.5. The highest BCUT2D eigenvalue weighted by Crippen LogP contribution is 2.26. The van der Waals surface area contributed by atoms with Crippen molar-refractivity contribution >= 4 is 34.2 Å². The highest BCUT2D eigenvalue weighted by atomic mass is 35.5. The number of nitrogens with zero attached hydrogens (tertiary/aromatic N) is 1. The Kier molecular flexibility index (Phi) is 6.43. The summed E-state index contributed by atoms with van der Waals surface area (Å²) in [6.07, 6.45) is 0. The molecule has 1 aromatic carbocycles. The Morgan fingerprint density at radius 2 is 1.78 bits per heavy atom. The molecule has 0 bridgehead atoms. The molecule has 0 aliphatic heterocycles. The van der Waals surface area contributed by atoms with Crippen molar-refractivity contribution in [1.29, 1.82) is 0 Å². The summed E-state index contributed by atoms with van der Waals surface area (Å²) >= 11 is 13.2. The predicted octanol–water partition coefficient (Wildman–Crippen LogP) is 3.87. The van der Waals surface area contributed by atoms with Crippen molar-refractivity contribution in [3.8, 4) is 0 Å². The lowest BCUT2D eigenvalue weighted by Crippen LogP contribution is -2.42. The number of benzene rings is 1. The van der Waals surface area contributed by atoms with E-state index in [0.29, 0.717) is 5.02 Å². The molecule has 0 aliphatic carbocycles. The van der Waals surface area contributed by atoms with Gasteiger partial charge in [0.2, 0.25) is 0 Å². The standard InChI is InChI=1S/C13H19ClN2S2/c1-4-16(5-2,6-3)18-13(17)15-12-10-8-7-9-11(12)14/h7-10H,4-6H2,1-3H3/q+1/p+1. The maximum absolute atomic E-state index is 6.10. The average Bonchev–Trinajstić information content (AvgIpc) is 2.39. The van der Waals surface area contributed by atoms with Crippen LogP contribution in [0.4, 0.5) is 5.69 Å². The monoisotopic (exact) mass is 303 g/mol. The number of hydrogen-bond donors (Lipinski definition) is 1. The van der Waals surface area contributed by atoms with Gasteiger partial charge in [0.05, 0.1) is 19.6 Å². The molecule has 0 aliphatic rings. The largest absolute Gasteiger partial charge is 0.525 e. The van der Waals surface area contributed by atoms with E-state index in [1.165, 1.54) is 0 Å². The number of para-hydroxylation sites is 1. The molecule has 1 rings (SSSR count). The Morgan fingerprint density at radius 1 is 1.22 bits per heavy atom. The molecule has 1 N–H and O–H groups in total. The van der Waals surface area contributed by atoms with Gasteiger partial charge >= 0.3 is 16.6 Å². The molecule has 0 atom stereocenters. The van der Waals surface area contributed by atoms with E-state index in [4.69, 9.17) is 23.8 Å². The van der Waals surface area contributed by atoms with Crippen LogP contribution in [0, 0.1) is 11.6 Å². The van der Waals surface area contributed by atoms with Crippen LogP contribution in [0.2, 0.25) is 5.02 Å². The van der Waals surface area contributed by atoms with Gasteiger partial charge in [-0.05, 0) is 39.1 Å². The average molecular weight is 304 g/mol. The van der Waals surface area contributed by atoms with Crippen molar-refractivity contribution < 1.29 is 15.5 Å². The van der Waals surface area contributed by atoms with Crippen LogP contribution >= 0.6 is 24.2 Å². The molecule has 0 amide bonds. The Hall–Kier alpha value is -0.290. The van der Waals surface area contributed by atoms with Crippen LogP contribution in [0.1, 0.15) is 20.8 Å². The van der Waals surface area contributed by atoms with Crippen LogP contribution in [-0.4, -0.2) is 27.8 Å². The number of quaternary nitrogens is 1. The topological polar surface area (TPSA) is 12.0 Å². The minimum Gasteiger partial charge on any atom is -0.332 e. The molecule has 99 valence electrons. The minimum atomic E-state index is 0.697. The fourth-order valence-corrected chi connectivity index (χ4v) is 3.40. The summed E-state index contributed by atoms with van der Waals surface area (Å²) in [5.41, 5.74) is 0.873. The van der Waals surface area contributed by atoms with E-state index in [1.54, 1.807) is 11.9 Å². The molecule has 0 heterocycles. The zero-order valence-electron chi connectivity index (χ0n) is 11.1. The fraction of sp³-hybridized carbons (Fsp3) is 0.462. The second-order valence-corrected chi connectivity index (χ2v) is 6.43. The van der Waals surface area contributed by atoms with E-state index in [2.05, 4.69) is 26.1 Å². The maximum Gasteiger partial charge on any atom is 0.525 e. The highest BCUT2D eigenvalue weighted by Gasteiger charge is 2.26. The predicted molar refractivity (Wildman–Crippen MR) is 81.3 cm³/mol. The van der Waals surface area contributed by atoms with Gasteiger partial charge in [0.25, 0.3) is 0 Å². The molecule has 1 radical (unpaired) electrons. The Labute approximate surface area is 124 Å². The summed E-state index contributed by atoms with van der Waals surface area (Å²) in [7, 11) is 0. The molecule has 0 saturated heterocycles. The third kappa shape index (κ3) is 4.12. The second-order valence-electron chi connectivity index (χ2n) is 3.99. The quantitative estimate of drug-likeness (QED) is 0.504. The minimum absolute atomic E-state index is 0.697.